The molecule has 0 aromatic rings. The smallest absolute Gasteiger partial charge is 0.282 e. The molecule has 2 rings (SSSR count). The summed E-state index contributed by atoms with van der Waals surface area (Å²) in [5, 5.41) is 0. The summed E-state index contributed by atoms with van der Waals surface area (Å²) >= 11 is 0. The van der Waals surface area contributed by atoms with Crippen molar-refractivity contribution in [3.05, 3.63) is 0 Å². The number of hydrogen-bond donors (Lipinski definition) is 0. The van der Waals surface area contributed by atoms with Gasteiger partial charge in [-0.15, -0.1) is 0 Å². The van der Waals surface area contributed by atoms with Crippen LogP contribution in [0.15, 0.2) is 0 Å². The van der Waals surface area contributed by atoms with Gasteiger partial charge in [-0.3, -0.25) is 0 Å². The van der Waals surface area contributed by atoms with Gasteiger partial charge in [-0.05, 0) is 26.4 Å². The van der Waals surface area contributed by atoms with Crippen LogP contribution in [0.1, 0.15) is 19.8 Å². The van der Waals surface area contributed by atoms with Crippen LogP contribution in [0.2, 0.25) is 0 Å². The molecule has 20 heavy (non-hydrogen) atoms. The van der Waals surface area contributed by atoms with Crippen LogP contribution in [-0.4, -0.2) is 81.5 Å². The van der Waals surface area contributed by atoms with Gasteiger partial charge in [-0.25, -0.2) is 0 Å². The first-order valence-electron chi connectivity index (χ1n) is 7.46. The van der Waals surface area contributed by atoms with Gasteiger partial charge >= 0.3 is 0 Å². The topological polar surface area (TPSA) is 53.1 Å². The molecular weight excluding hydrogens is 278 g/mol. The lowest BCUT2D eigenvalue weighted by Gasteiger charge is -2.30. The SMILES string of the molecule is CCC[C@@H]1CN(S(=O)(=O)N2CCOCC2)C[C@H]1N(C)C. The first kappa shape index (κ1) is 16.2. The van der Waals surface area contributed by atoms with Gasteiger partial charge < -0.3 is 9.64 Å². The average Bonchev–Trinajstić information content (AvgIpc) is 2.85. The van der Waals surface area contributed by atoms with Gasteiger partial charge in [-0.2, -0.15) is 17.0 Å². The number of morpholine rings is 1. The molecule has 0 N–H and O–H groups in total. The molecule has 2 fully saturated rings. The first-order valence-corrected chi connectivity index (χ1v) is 8.86. The molecule has 2 heterocycles. The van der Waals surface area contributed by atoms with E-state index in [0.29, 0.717) is 51.4 Å². The quantitative estimate of drug-likeness (QED) is 0.729. The predicted octanol–water partition coefficient (Wildman–Crippen LogP) is 0.226. The maximum absolute atomic E-state index is 12.7. The number of ether oxygens (including phenoxy) is 1. The molecule has 2 aliphatic rings. The Morgan fingerprint density at radius 1 is 1.15 bits per heavy atom. The van der Waals surface area contributed by atoms with Crippen molar-refractivity contribution in [2.24, 2.45) is 5.92 Å². The maximum atomic E-state index is 12.7. The summed E-state index contributed by atoms with van der Waals surface area (Å²) in [4.78, 5) is 2.16. The predicted molar refractivity (Wildman–Crippen MR) is 78.8 cm³/mol. The summed E-state index contributed by atoms with van der Waals surface area (Å²) < 4.78 is 33.8. The Morgan fingerprint density at radius 3 is 2.35 bits per heavy atom. The molecule has 0 amide bonds. The molecule has 0 saturated carbocycles. The second-order valence-corrected chi connectivity index (χ2v) is 7.84. The minimum absolute atomic E-state index is 0.325. The lowest BCUT2D eigenvalue weighted by atomic mass is 9.98. The molecule has 0 aromatic carbocycles. The van der Waals surface area contributed by atoms with Crippen LogP contribution < -0.4 is 0 Å². The fourth-order valence-electron chi connectivity index (χ4n) is 3.18. The molecule has 0 radical (unpaired) electrons. The molecular formula is C13H27N3O3S. The van der Waals surface area contributed by atoms with Crippen molar-refractivity contribution < 1.29 is 13.2 Å². The van der Waals surface area contributed by atoms with Crippen LogP contribution in [0.3, 0.4) is 0 Å². The van der Waals surface area contributed by atoms with E-state index in [1.54, 1.807) is 8.61 Å². The van der Waals surface area contributed by atoms with Gasteiger partial charge in [0.25, 0.3) is 10.2 Å². The molecule has 0 bridgehead atoms. The second kappa shape index (κ2) is 6.70. The van der Waals surface area contributed by atoms with Crippen molar-refractivity contribution in [3.8, 4) is 0 Å². The first-order chi connectivity index (χ1) is 9.46. The largest absolute Gasteiger partial charge is 0.379 e. The highest BCUT2D eigenvalue weighted by Crippen LogP contribution is 2.28. The standard InChI is InChI=1S/C13H27N3O3S/c1-4-5-12-10-16(11-13(12)14(2)3)20(17,18)15-6-8-19-9-7-15/h12-13H,4-11H2,1-3H3/t12-,13-/m1/s1. The van der Waals surface area contributed by atoms with Crippen molar-refractivity contribution >= 4 is 10.2 Å². The monoisotopic (exact) mass is 305 g/mol. The molecule has 6 nitrogen and oxygen atoms in total. The highest BCUT2D eigenvalue weighted by molar-refractivity contribution is 7.86. The Kier molecular flexibility index (Phi) is 5.42. The molecule has 0 spiro atoms. The number of likely N-dealkylation sites (N-methyl/N-ethyl adjacent to an activating group) is 1. The highest BCUT2D eigenvalue weighted by Gasteiger charge is 2.41. The van der Waals surface area contributed by atoms with E-state index in [1.807, 2.05) is 14.1 Å². The van der Waals surface area contributed by atoms with Crippen molar-refractivity contribution in [1.29, 1.82) is 0 Å². The van der Waals surface area contributed by atoms with Crippen molar-refractivity contribution in [1.82, 2.24) is 13.5 Å². The Balaban J connectivity index is 2.08. The molecule has 2 saturated heterocycles. The van der Waals surface area contributed by atoms with Crippen LogP contribution in [0, 0.1) is 5.92 Å². The zero-order valence-corrected chi connectivity index (χ0v) is 13.6. The Labute approximate surface area is 122 Å². The van der Waals surface area contributed by atoms with E-state index >= 15 is 0 Å². The zero-order chi connectivity index (χ0) is 14.8. The maximum Gasteiger partial charge on any atom is 0.282 e. The molecule has 2 atom stereocenters. The summed E-state index contributed by atoms with van der Waals surface area (Å²) in [6, 6.07) is 0.325. The van der Waals surface area contributed by atoms with Crippen molar-refractivity contribution in [2.45, 2.75) is 25.8 Å². The third-order valence-corrected chi connectivity index (χ3v) is 6.29. The molecule has 0 unspecified atom stereocenters. The minimum atomic E-state index is -3.32. The van der Waals surface area contributed by atoms with E-state index in [4.69, 9.17) is 4.74 Å². The number of rotatable bonds is 5. The fourth-order valence-corrected chi connectivity index (χ4v) is 4.84. The number of hydrogen-bond acceptors (Lipinski definition) is 4. The van der Waals surface area contributed by atoms with E-state index in [-0.39, 0.29) is 0 Å². The third kappa shape index (κ3) is 3.33. The third-order valence-electron chi connectivity index (χ3n) is 4.32. The summed E-state index contributed by atoms with van der Waals surface area (Å²) in [5.41, 5.74) is 0. The van der Waals surface area contributed by atoms with E-state index in [0.717, 1.165) is 12.8 Å². The van der Waals surface area contributed by atoms with E-state index in [1.165, 1.54) is 0 Å². The normalized spacial score (nSPS) is 30.2. The number of nitrogens with zero attached hydrogens (tertiary/aromatic N) is 3. The molecule has 118 valence electrons. The molecule has 7 heteroatoms. The zero-order valence-electron chi connectivity index (χ0n) is 12.8. The summed E-state index contributed by atoms with van der Waals surface area (Å²) in [7, 11) is 0.760. The van der Waals surface area contributed by atoms with Crippen LogP contribution in [-0.2, 0) is 14.9 Å². The Hall–Kier alpha value is -0.210. The van der Waals surface area contributed by atoms with Gasteiger partial charge in [0.15, 0.2) is 0 Å². The van der Waals surface area contributed by atoms with Crippen LogP contribution >= 0.6 is 0 Å². The summed E-state index contributed by atoms with van der Waals surface area (Å²) in [5.74, 6) is 0.436. The van der Waals surface area contributed by atoms with E-state index < -0.39 is 10.2 Å². The van der Waals surface area contributed by atoms with Gasteiger partial charge in [0.2, 0.25) is 0 Å². The second-order valence-electron chi connectivity index (χ2n) is 5.92. The Morgan fingerprint density at radius 2 is 1.80 bits per heavy atom. The van der Waals surface area contributed by atoms with Crippen molar-refractivity contribution in [2.75, 3.05) is 53.5 Å². The van der Waals surface area contributed by atoms with Gasteiger partial charge in [0.05, 0.1) is 13.2 Å². The van der Waals surface area contributed by atoms with E-state index in [9.17, 15) is 8.42 Å². The fraction of sp³-hybridized carbons (Fsp3) is 1.00. The molecule has 0 aliphatic carbocycles. The average molecular weight is 305 g/mol. The lowest BCUT2D eigenvalue weighted by molar-refractivity contribution is 0.0704. The highest BCUT2D eigenvalue weighted by atomic mass is 32.2. The van der Waals surface area contributed by atoms with Gasteiger partial charge in [-0.1, -0.05) is 13.3 Å². The van der Waals surface area contributed by atoms with Gasteiger partial charge in [0, 0.05) is 32.2 Å². The summed E-state index contributed by atoms with van der Waals surface area (Å²) in [6.45, 7) is 5.37. The summed E-state index contributed by atoms with van der Waals surface area (Å²) in [6.07, 6.45) is 2.18. The molecule has 0 aromatic heterocycles. The van der Waals surface area contributed by atoms with E-state index in [2.05, 4.69) is 11.8 Å². The molecule has 2 aliphatic heterocycles. The van der Waals surface area contributed by atoms with Crippen LogP contribution in [0.5, 0.6) is 0 Å². The van der Waals surface area contributed by atoms with Crippen LogP contribution in [0.4, 0.5) is 0 Å². The van der Waals surface area contributed by atoms with Crippen molar-refractivity contribution in [3.63, 3.8) is 0 Å². The van der Waals surface area contributed by atoms with Crippen LogP contribution in [0.25, 0.3) is 0 Å². The minimum Gasteiger partial charge on any atom is -0.379 e. The lowest BCUT2D eigenvalue weighted by Crippen LogP contribution is -2.48. The van der Waals surface area contributed by atoms with Gasteiger partial charge in [0.1, 0.15) is 0 Å². The Bertz CT molecular complexity index is 407.